The highest BCUT2D eigenvalue weighted by atomic mass is 35.5. The zero-order valence-electron chi connectivity index (χ0n) is 15.5. The van der Waals surface area contributed by atoms with Gasteiger partial charge < -0.3 is 14.8 Å². The van der Waals surface area contributed by atoms with Crippen LogP contribution in [0.5, 0.6) is 0 Å². The molecule has 2 aromatic rings. The maximum absolute atomic E-state index is 12.8. The number of hydrogen-bond acceptors (Lipinski definition) is 5. The van der Waals surface area contributed by atoms with Gasteiger partial charge in [-0.25, -0.2) is 0 Å². The van der Waals surface area contributed by atoms with Crippen molar-refractivity contribution >= 4 is 34.6 Å². The number of nitrogens with zero attached hydrogens (tertiary/aromatic N) is 2. The number of rotatable bonds is 5. The van der Waals surface area contributed by atoms with Crippen molar-refractivity contribution in [3.8, 4) is 0 Å². The Kier molecular flexibility index (Phi) is 5.99. The maximum atomic E-state index is 12.8. The number of amides is 1. The van der Waals surface area contributed by atoms with Crippen molar-refractivity contribution < 1.29 is 14.7 Å². The summed E-state index contributed by atoms with van der Waals surface area (Å²) in [5, 5.41) is 17.3. The standard InChI is InChI=1S/C21H23ClN2O3S/c22-16-4-1-3-14(11-16)12-17-13-18(27-23-17)21(26)24-8-6-15(7-9-24)20(25)19-5-2-10-28-19/h1-5,10-11,15,18,20,25H,6-9,12-13H2/t18-,20-/m0/s1. The van der Waals surface area contributed by atoms with Crippen LogP contribution in [0.2, 0.25) is 5.02 Å². The normalized spacial score (nSPS) is 21.3. The van der Waals surface area contributed by atoms with Crippen molar-refractivity contribution in [3.05, 3.63) is 57.2 Å². The van der Waals surface area contributed by atoms with Gasteiger partial charge >= 0.3 is 0 Å². The molecule has 2 aliphatic rings. The lowest BCUT2D eigenvalue weighted by Crippen LogP contribution is -2.44. The monoisotopic (exact) mass is 418 g/mol. The van der Waals surface area contributed by atoms with Gasteiger partial charge in [-0.05, 0) is 47.9 Å². The van der Waals surface area contributed by atoms with E-state index in [-0.39, 0.29) is 11.8 Å². The zero-order chi connectivity index (χ0) is 19.5. The second kappa shape index (κ2) is 8.64. The van der Waals surface area contributed by atoms with Crippen molar-refractivity contribution in [2.75, 3.05) is 13.1 Å². The molecule has 1 aromatic carbocycles. The first kappa shape index (κ1) is 19.4. The molecule has 0 radical (unpaired) electrons. The Balaban J connectivity index is 1.27. The fraction of sp³-hybridized carbons (Fsp3) is 0.429. The van der Waals surface area contributed by atoms with E-state index in [0.717, 1.165) is 29.0 Å². The van der Waals surface area contributed by atoms with Crippen LogP contribution in [0.1, 0.15) is 35.8 Å². The first-order valence-corrected chi connectivity index (χ1v) is 10.8. The Morgan fingerprint density at radius 3 is 2.86 bits per heavy atom. The van der Waals surface area contributed by atoms with Crippen LogP contribution in [0.4, 0.5) is 0 Å². The number of aliphatic hydroxyl groups excluding tert-OH is 1. The van der Waals surface area contributed by atoms with Crippen LogP contribution in [-0.2, 0) is 16.1 Å². The van der Waals surface area contributed by atoms with Gasteiger partial charge in [0.15, 0.2) is 0 Å². The minimum Gasteiger partial charge on any atom is -0.387 e. The van der Waals surface area contributed by atoms with Crippen molar-refractivity contribution in [2.45, 2.75) is 37.9 Å². The Morgan fingerprint density at radius 2 is 2.14 bits per heavy atom. The molecule has 5 nitrogen and oxygen atoms in total. The molecule has 0 saturated carbocycles. The van der Waals surface area contributed by atoms with E-state index in [4.69, 9.17) is 16.4 Å². The van der Waals surface area contributed by atoms with Crippen LogP contribution >= 0.6 is 22.9 Å². The quantitative estimate of drug-likeness (QED) is 0.796. The first-order chi connectivity index (χ1) is 13.6. The molecular formula is C21H23ClN2O3S. The molecule has 0 bridgehead atoms. The molecule has 1 saturated heterocycles. The van der Waals surface area contributed by atoms with E-state index in [1.165, 1.54) is 0 Å². The number of carbonyl (C=O) groups is 1. The molecular weight excluding hydrogens is 396 g/mol. The number of likely N-dealkylation sites (tertiary alicyclic amines) is 1. The molecule has 1 amide bonds. The van der Waals surface area contributed by atoms with Gasteiger partial charge in [0, 0.05) is 35.8 Å². The molecule has 148 valence electrons. The van der Waals surface area contributed by atoms with E-state index in [1.54, 1.807) is 11.3 Å². The summed E-state index contributed by atoms with van der Waals surface area (Å²) in [5.41, 5.74) is 1.93. The predicted octanol–water partition coefficient (Wildman–Crippen LogP) is 4.06. The molecule has 0 spiro atoms. The van der Waals surface area contributed by atoms with Crippen molar-refractivity contribution in [2.24, 2.45) is 11.1 Å². The van der Waals surface area contributed by atoms with Gasteiger partial charge in [0.05, 0.1) is 11.8 Å². The Bertz CT molecular complexity index is 847. The lowest BCUT2D eigenvalue weighted by atomic mass is 9.90. The van der Waals surface area contributed by atoms with Crippen LogP contribution in [0.15, 0.2) is 46.9 Å². The van der Waals surface area contributed by atoms with Gasteiger partial charge in [0.1, 0.15) is 0 Å². The van der Waals surface area contributed by atoms with E-state index >= 15 is 0 Å². The highest BCUT2D eigenvalue weighted by Gasteiger charge is 2.35. The minimum absolute atomic E-state index is 0.00564. The summed E-state index contributed by atoms with van der Waals surface area (Å²) in [6.45, 7) is 1.30. The molecule has 0 aliphatic carbocycles. The number of halogens is 1. The summed E-state index contributed by atoms with van der Waals surface area (Å²) in [5.74, 6) is 0.191. The molecule has 1 fully saturated rings. The van der Waals surface area contributed by atoms with Crippen LogP contribution in [0.25, 0.3) is 0 Å². The van der Waals surface area contributed by atoms with Gasteiger partial charge in [0.2, 0.25) is 6.10 Å². The first-order valence-electron chi connectivity index (χ1n) is 9.56. The molecule has 3 heterocycles. The topological polar surface area (TPSA) is 62.1 Å². The van der Waals surface area contributed by atoms with Gasteiger partial charge in [0.25, 0.3) is 5.91 Å². The molecule has 1 aromatic heterocycles. The van der Waals surface area contributed by atoms with E-state index in [1.807, 2.05) is 46.7 Å². The number of hydrogen-bond donors (Lipinski definition) is 1. The van der Waals surface area contributed by atoms with Gasteiger partial charge in [-0.1, -0.05) is 35.0 Å². The summed E-state index contributed by atoms with van der Waals surface area (Å²) in [7, 11) is 0. The van der Waals surface area contributed by atoms with Crippen molar-refractivity contribution in [1.82, 2.24) is 4.90 Å². The summed E-state index contributed by atoms with van der Waals surface area (Å²) in [6, 6.07) is 11.6. The fourth-order valence-corrected chi connectivity index (χ4v) is 4.89. The summed E-state index contributed by atoms with van der Waals surface area (Å²) < 4.78 is 0. The summed E-state index contributed by atoms with van der Waals surface area (Å²) in [4.78, 5) is 21.1. The highest BCUT2D eigenvalue weighted by molar-refractivity contribution is 7.10. The minimum atomic E-state index is -0.534. The van der Waals surface area contributed by atoms with E-state index in [0.29, 0.717) is 31.0 Å². The molecule has 28 heavy (non-hydrogen) atoms. The summed E-state index contributed by atoms with van der Waals surface area (Å²) >= 11 is 7.61. The number of piperidine rings is 1. The number of carbonyl (C=O) groups excluding carboxylic acids is 1. The largest absolute Gasteiger partial charge is 0.387 e. The lowest BCUT2D eigenvalue weighted by Gasteiger charge is -2.34. The Hall–Kier alpha value is -1.89. The third kappa shape index (κ3) is 4.40. The Labute approximate surface area is 173 Å². The molecule has 4 rings (SSSR count). The highest BCUT2D eigenvalue weighted by Crippen LogP contribution is 2.33. The molecule has 1 N–H and O–H groups in total. The van der Waals surface area contributed by atoms with Crippen molar-refractivity contribution in [3.63, 3.8) is 0 Å². The molecule has 2 aliphatic heterocycles. The third-order valence-electron chi connectivity index (χ3n) is 5.44. The second-order valence-corrected chi connectivity index (χ2v) is 8.80. The average Bonchev–Trinajstić information content (AvgIpc) is 3.39. The number of thiophene rings is 1. The number of oxime groups is 1. The predicted molar refractivity (Wildman–Crippen MR) is 111 cm³/mol. The average molecular weight is 419 g/mol. The smallest absolute Gasteiger partial charge is 0.266 e. The van der Waals surface area contributed by atoms with Crippen molar-refractivity contribution in [1.29, 1.82) is 0 Å². The third-order valence-corrected chi connectivity index (χ3v) is 6.61. The number of aliphatic hydroxyl groups is 1. The maximum Gasteiger partial charge on any atom is 0.266 e. The fourth-order valence-electron chi connectivity index (χ4n) is 3.88. The molecule has 2 atom stereocenters. The van der Waals surface area contributed by atoms with Crippen LogP contribution < -0.4 is 0 Å². The van der Waals surface area contributed by atoms with Crippen LogP contribution in [-0.4, -0.2) is 40.8 Å². The van der Waals surface area contributed by atoms with Crippen LogP contribution in [0.3, 0.4) is 0 Å². The van der Waals surface area contributed by atoms with Gasteiger partial charge in [-0.3, -0.25) is 4.79 Å². The van der Waals surface area contributed by atoms with Crippen LogP contribution in [0, 0.1) is 5.92 Å². The zero-order valence-corrected chi connectivity index (χ0v) is 17.0. The van der Waals surface area contributed by atoms with Gasteiger partial charge in [-0.15, -0.1) is 11.3 Å². The number of benzene rings is 1. The second-order valence-electron chi connectivity index (χ2n) is 7.39. The SMILES string of the molecule is O=C([C@@H]1CC(Cc2cccc(Cl)c2)=NO1)N1CCC([C@H](O)c2cccs2)CC1. The molecule has 0 unspecified atom stereocenters. The van der Waals surface area contributed by atoms with E-state index in [9.17, 15) is 9.90 Å². The van der Waals surface area contributed by atoms with Gasteiger partial charge in [-0.2, -0.15) is 0 Å². The lowest BCUT2D eigenvalue weighted by molar-refractivity contribution is -0.144. The van der Waals surface area contributed by atoms with E-state index in [2.05, 4.69) is 5.16 Å². The molecule has 7 heteroatoms. The summed E-state index contributed by atoms with van der Waals surface area (Å²) in [6.07, 6.45) is 1.78. The Morgan fingerprint density at radius 1 is 1.32 bits per heavy atom. The van der Waals surface area contributed by atoms with E-state index < -0.39 is 12.2 Å².